The maximum absolute atomic E-state index is 8.80. The smallest absolute Gasteiger partial charge is 0.0784 e. The Morgan fingerprint density at radius 3 is 2.40 bits per heavy atom. The van der Waals surface area contributed by atoms with Gasteiger partial charge in [-0.05, 0) is 26.7 Å². The van der Waals surface area contributed by atoms with Crippen molar-refractivity contribution in [3.8, 4) is 0 Å². The van der Waals surface area contributed by atoms with E-state index in [1.165, 1.54) is 32.1 Å². The van der Waals surface area contributed by atoms with E-state index in [0.717, 1.165) is 0 Å². The van der Waals surface area contributed by atoms with Crippen molar-refractivity contribution < 1.29 is 14.6 Å². The number of aliphatic hydroxyl groups excluding tert-OH is 1. The molecule has 0 saturated heterocycles. The molecule has 1 saturated carbocycles. The van der Waals surface area contributed by atoms with Gasteiger partial charge < -0.3 is 14.6 Å². The lowest BCUT2D eigenvalue weighted by atomic mass is 9.98. The molecule has 0 heterocycles. The first kappa shape index (κ1) is 12.9. The molecule has 0 aromatic carbocycles. The minimum absolute atomic E-state index is 0.0795. The molecule has 15 heavy (non-hydrogen) atoms. The van der Waals surface area contributed by atoms with Crippen molar-refractivity contribution in [1.29, 1.82) is 0 Å². The van der Waals surface area contributed by atoms with E-state index in [2.05, 4.69) is 0 Å². The Hall–Kier alpha value is -0.120. The summed E-state index contributed by atoms with van der Waals surface area (Å²) >= 11 is 0. The fraction of sp³-hybridized carbons (Fsp3) is 1.00. The highest BCUT2D eigenvalue weighted by Crippen LogP contribution is 2.21. The van der Waals surface area contributed by atoms with Crippen LogP contribution >= 0.6 is 0 Å². The molecule has 90 valence electrons. The molecule has 1 aliphatic carbocycles. The van der Waals surface area contributed by atoms with Crippen LogP contribution in [0.25, 0.3) is 0 Å². The summed E-state index contributed by atoms with van der Waals surface area (Å²) in [6, 6.07) is 0. The van der Waals surface area contributed by atoms with E-state index >= 15 is 0 Å². The van der Waals surface area contributed by atoms with Crippen LogP contribution in [0.3, 0.4) is 0 Å². The van der Waals surface area contributed by atoms with Gasteiger partial charge >= 0.3 is 0 Å². The van der Waals surface area contributed by atoms with Gasteiger partial charge in [0.1, 0.15) is 0 Å². The standard InChI is InChI=1S/C12H24O3/c1-10(8-13)14-9-11(2)15-12-6-4-3-5-7-12/h10-13H,3-9H2,1-2H3. The Morgan fingerprint density at radius 2 is 1.80 bits per heavy atom. The number of rotatable bonds is 6. The van der Waals surface area contributed by atoms with Crippen molar-refractivity contribution in [2.75, 3.05) is 13.2 Å². The third-order valence-electron chi connectivity index (χ3n) is 2.85. The van der Waals surface area contributed by atoms with E-state index in [4.69, 9.17) is 14.6 Å². The van der Waals surface area contributed by atoms with Gasteiger partial charge in [0, 0.05) is 0 Å². The maximum atomic E-state index is 8.80. The number of ether oxygens (including phenoxy) is 2. The molecule has 1 fully saturated rings. The highest BCUT2D eigenvalue weighted by molar-refractivity contribution is 4.67. The van der Waals surface area contributed by atoms with Gasteiger partial charge in [0.05, 0.1) is 31.5 Å². The van der Waals surface area contributed by atoms with Crippen LogP contribution in [0.2, 0.25) is 0 Å². The molecule has 2 unspecified atom stereocenters. The summed E-state index contributed by atoms with van der Waals surface area (Å²) in [4.78, 5) is 0. The quantitative estimate of drug-likeness (QED) is 0.739. The van der Waals surface area contributed by atoms with E-state index in [1.807, 2.05) is 13.8 Å². The molecule has 0 spiro atoms. The second kappa shape index (κ2) is 7.20. The monoisotopic (exact) mass is 216 g/mol. The van der Waals surface area contributed by atoms with Crippen molar-refractivity contribution in [3.05, 3.63) is 0 Å². The molecule has 1 N–H and O–H groups in total. The summed E-state index contributed by atoms with van der Waals surface area (Å²) in [6.45, 7) is 4.57. The topological polar surface area (TPSA) is 38.7 Å². The summed E-state index contributed by atoms with van der Waals surface area (Å²) in [6.07, 6.45) is 6.83. The second-order valence-electron chi connectivity index (χ2n) is 4.53. The summed E-state index contributed by atoms with van der Waals surface area (Å²) < 4.78 is 11.3. The number of aliphatic hydroxyl groups is 1. The van der Waals surface area contributed by atoms with E-state index in [1.54, 1.807) is 0 Å². The normalized spacial score (nSPS) is 22.6. The molecule has 3 nitrogen and oxygen atoms in total. The minimum Gasteiger partial charge on any atom is -0.394 e. The lowest BCUT2D eigenvalue weighted by molar-refractivity contribution is -0.0803. The molecule has 0 amide bonds. The third kappa shape index (κ3) is 5.50. The van der Waals surface area contributed by atoms with Crippen LogP contribution in [0.4, 0.5) is 0 Å². The van der Waals surface area contributed by atoms with Crippen molar-refractivity contribution in [3.63, 3.8) is 0 Å². The highest BCUT2D eigenvalue weighted by Gasteiger charge is 2.17. The fourth-order valence-electron chi connectivity index (χ4n) is 1.92. The Balaban J connectivity index is 2.08. The average Bonchev–Trinajstić information content (AvgIpc) is 2.27. The van der Waals surface area contributed by atoms with Crippen LogP contribution in [-0.2, 0) is 9.47 Å². The average molecular weight is 216 g/mol. The molecule has 3 heteroatoms. The van der Waals surface area contributed by atoms with Crippen LogP contribution in [0.1, 0.15) is 46.0 Å². The predicted octanol–water partition coefficient (Wildman–Crippen LogP) is 2.12. The van der Waals surface area contributed by atoms with Gasteiger partial charge in [-0.15, -0.1) is 0 Å². The predicted molar refractivity (Wildman–Crippen MR) is 59.9 cm³/mol. The lowest BCUT2D eigenvalue weighted by Crippen LogP contribution is -2.27. The highest BCUT2D eigenvalue weighted by atomic mass is 16.5. The first-order valence-electron chi connectivity index (χ1n) is 6.10. The largest absolute Gasteiger partial charge is 0.394 e. The van der Waals surface area contributed by atoms with Crippen molar-refractivity contribution >= 4 is 0 Å². The van der Waals surface area contributed by atoms with Gasteiger partial charge in [0.25, 0.3) is 0 Å². The van der Waals surface area contributed by atoms with E-state index < -0.39 is 0 Å². The van der Waals surface area contributed by atoms with Crippen LogP contribution < -0.4 is 0 Å². The summed E-state index contributed by atoms with van der Waals surface area (Å²) in [5.74, 6) is 0. The van der Waals surface area contributed by atoms with Crippen LogP contribution in [0, 0.1) is 0 Å². The molecule has 1 rings (SSSR count). The van der Waals surface area contributed by atoms with Crippen molar-refractivity contribution in [2.45, 2.75) is 64.3 Å². The third-order valence-corrected chi connectivity index (χ3v) is 2.85. The van der Waals surface area contributed by atoms with E-state index in [9.17, 15) is 0 Å². The molecule has 0 aliphatic heterocycles. The zero-order valence-corrected chi connectivity index (χ0v) is 9.95. The van der Waals surface area contributed by atoms with Crippen LogP contribution in [-0.4, -0.2) is 36.6 Å². The Labute approximate surface area is 92.8 Å². The van der Waals surface area contributed by atoms with Gasteiger partial charge in [0.15, 0.2) is 0 Å². The summed E-state index contributed by atoms with van der Waals surface area (Å²) in [7, 11) is 0. The van der Waals surface area contributed by atoms with Crippen molar-refractivity contribution in [1.82, 2.24) is 0 Å². The number of hydrogen-bond donors (Lipinski definition) is 1. The summed E-state index contributed by atoms with van der Waals surface area (Å²) in [5.41, 5.74) is 0. The maximum Gasteiger partial charge on any atom is 0.0784 e. The van der Waals surface area contributed by atoms with Gasteiger partial charge in [-0.3, -0.25) is 0 Å². The lowest BCUT2D eigenvalue weighted by Gasteiger charge is -2.26. The SMILES string of the molecule is CC(CO)OCC(C)OC1CCCCC1. The second-order valence-corrected chi connectivity index (χ2v) is 4.53. The van der Waals surface area contributed by atoms with Crippen LogP contribution in [0.5, 0.6) is 0 Å². The fourth-order valence-corrected chi connectivity index (χ4v) is 1.92. The Kier molecular flexibility index (Phi) is 6.22. The van der Waals surface area contributed by atoms with Gasteiger partial charge in [-0.25, -0.2) is 0 Å². The molecular weight excluding hydrogens is 192 g/mol. The first-order chi connectivity index (χ1) is 7.22. The zero-order chi connectivity index (χ0) is 11.1. The van der Waals surface area contributed by atoms with E-state index in [-0.39, 0.29) is 18.8 Å². The van der Waals surface area contributed by atoms with Crippen LogP contribution in [0.15, 0.2) is 0 Å². The van der Waals surface area contributed by atoms with E-state index in [0.29, 0.717) is 12.7 Å². The summed E-state index contributed by atoms with van der Waals surface area (Å²) in [5, 5.41) is 8.80. The molecule has 0 aromatic heterocycles. The van der Waals surface area contributed by atoms with Crippen molar-refractivity contribution in [2.24, 2.45) is 0 Å². The number of hydrogen-bond acceptors (Lipinski definition) is 3. The molecule has 1 aliphatic rings. The van der Waals surface area contributed by atoms with Gasteiger partial charge in [-0.1, -0.05) is 19.3 Å². The molecule has 0 bridgehead atoms. The zero-order valence-electron chi connectivity index (χ0n) is 9.95. The first-order valence-corrected chi connectivity index (χ1v) is 6.10. The van der Waals surface area contributed by atoms with Gasteiger partial charge in [-0.2, -0.15) is 0 Å². The Bertz CT molecular complexity index is 155. The molecule has 0 aromatic rings. The van der Waals surface area contributed by atoms with Gasteiger partial charge in [0.2, 0.25) is 0 Å². The molecule has 0 radical (unpaired) electrons. The molecular formula is C12H24O3. The molecule has 2 atom stereocenters. The Morgan fingerprint density at radius 1 is 1.13 bits per heavy atom. The minimum atomic E-state index is -0.0811.